The van der Waals surface area contributed by atoms with E-state index in [1.54, 1.807) is 21.0 Å². The number of hydrogen-bond donors (Lipinski definition) is 2. The van der Waals surface area contributed by atoms with E-state index in [4.69, 9.17) is 4.74 Å². The zero-order valence-electron chi connectivity index (χ0n) is 15.9. The molecule has 1 atom stereocenters. The van der Waals surface area contributed by atoms with Crippen molar-refractivity contribution in [3.05, 3.63) is 29.3 Å². The molecule has 0 aliphatic carbocycles. The highest BCUT2D eigenvalue weighted by molar-refractivity contribution is 7.91. The Labute approximate surface area is 163 Å². The number of benzene rings is 1. The van der Waals surface area contributed by atoms with Crippen molar-refractivity contribution in [2.24, 2.45) is 5.92 Å². The van der Waals surface area contributed by atoms with Crippen molar-refractivity contribution in [3.8, 4) is 5.75 Å². The maximum absolute atomic E-state index is 12.7. The minimum absolute atomic E-state index is 0.155. The van der Waals surface area contributed by atoms with E-state index >= 15 is 0 Å². The fraction of sp³-hybridized carbons (Fsp3) is 0.471. The summed E-state index contributed by atoms with van der Waals surface area (Å²) in [4.78, 5) is 11.7. The normalized spacial score (nSPS) is 12.8. The van der Waals surface area contributed by atoms with Crippen LogP contribution < -0.4 is 14.8 Å². The summed E-state index contributed by atoms with van der Waals surface area (Å²) in [7, 11) is -2.28. The van der Waals surface area contributed by atoms with Crippen LogP contribution in [0.4, 0.5) is 5.13 Å². The van der Waals surface area contributed by atoms with Crippen molar-refractivity contribution in [3.63, 3.8) is 0 Å². The number of anilines is 1. The van der Waals surface area contributed by atoms with Gasteiger partial charge in [-0.2, -0.15) is 0 Å². The molecule has 0 unspecified atom stereocenters. The molecular formula is C17H24N4O4S2. The van der Waals surface area contributed by atoms with Gasteiger partial charge in [0.1, 0.15) is 5.75 Å². The number of nitrogens with zero attached hydrogens (tertiary/aromatic N) is 2. The van der Waals surface area contributed by atoms with Crippen molar-refractivity contribution in [1.29, 1.82) is 0 Å². The summed E-state index contributed by atoms with van der Waals surface area (Å²) in [5.74, 6) is 0.254. The van der Waals surface area contributed by atoms with E-state index in [0.29, 0.717) is 6.42 Å². The zero-order chi connectivity index (χ0) is 20.2. The number of amides is 1. The van der Waals surface area contributed by atoms with E-state index in [2.05, 4.69) is 20.2 Å². The first kappa shape index (κ1) is 21.3. The molecule has 0 aliphatic heterocycles. The molecule has 0 saturated carbocycles. The molecule has 8 nitrogen and oxygen atoms in total. The molecule has 0 fully saturated rings. The van der Waals surface area contributed by atoms with Crippen LogP contribution in [0.15, 0.2) is 22.5 Å². The predicted octanol–water partition coefficient (Wildman–Crippen LogP) is 2.88. The third kappa shape index (κ3) is 5.24. The fourth-order valence-corrected chi connectivity index (χ4v) is 4.59. The number of aryl methyl sites for hydroxylation is 1. The molecule has 0 bridgehead atoms. The number of aromatic nitrogens is 2. The van der Waals surface area contributed by atoms with Crippen LogP contribution in [-0.2, 0) is 14.8 Å². The van der Waals surface area contributed by atoms with Gasteiger partial charge < -0.3 is 10.1 Å². The lowest BCUT2D eigenvalue weighted by molar-refractivity contribution is -0.118. The van der Waals surface area contributed by atoms with Crippen molar-refractivity contribution in [2.45, 2.75) is 44.5 Å². The highest BCUT2D eigenvalue weighted by Crippen LogP contribution is 2.27. The zero-order valence-corrected chi connectivity index (χ0v) is 17.6. The van der Waals surface area contributed by atoms with Gasteiger partial charge in [-0.1, -0.05) is 44.2 Å². The first-order valence-electron chi connectivity index (χ1n) is 8.49. The largest absolute Gasteiger partial charge is 0.496 e. The molecule has 1 amide bonds. The molecule has 0 spiro atoms. The van der Waals surface area contributed by atoms with Crippen LogP contribution in [0.5, 0.6) is 5.75 Å². The van der Waals surface area contributed by atoms with Gasteiger partial charge >= 0.3 is 0 Å². The van der Waals surface area contributed by atoms with Crippen molar-refractivity contribution in [1.82, 2.24) is 14.9 Å². The molecule has 1 aromatic heterocycles. The summed E-state index contributed by atoms with van der Waals surface area (Å²) >= 11 is 0.818. The van der Waals surface area contributed by atoms with Gasteiger partial charge in [0.15, 0.2) is 0 Å². The molecule has 0 radical (unpaired) electrons. The summed E-state index contributed by atoms with van der Waals surface area (Å²) in [5, 5.41) is 10.2. The predicted molar refractivity (Wildman–Crippen MR) is 104 cm³/mol. The van der Waals surface area contributed by atoms with Crippen LogP contribution in [-0.4, -0.2) is 31.6 Å². The fourth-order valence-electron chi connectivity index (χ4n) is 2.36. The van der Waals surface area contributed by atoms with Gasteiger partial charge in [-0.15, -0.1) is 10.2 Å². The number of rotatable bonds is 8. The van der Waals surface area contributed by atoms with Gasteiger partial charge in [0.2, 0.25) is 15.4 Å². The Morgan fingerprint density at radius 1 is 1.30 bits per heavy atom. The smallest absolute Gasteiger partial charge is 0.270 e. The van der Waals surface area contributed by atoms with Crippen LogP contribution >= 0.6 is 11.3 Å². The van der Waals surface area contributed by atoms with Gasteiger partial charge in [-0.3, -0.25) is 4.79 Å². The monoisotopic (exact) mass is 412 g/mol. The van der Waals surface area contributed by atoms with Gasteiger partial charge in [0.05, 0.1) is 7.11 Å². The highest BCUT2D eigenvalue weighted by Gasteiger charge is 2.25. The second-order valence-electron chi connectivity index (χ2n) is 6.33. The van der Waals surface area contributed by atoms with Crippen LogP contribution in [0.25, 0.3) is 0 Å². The number of methoxy groups -OCH3 is 1. The van der Waals surface area contributed by atoms with E-state index < -0.39 is 16.1 Å². The molecule has 2 rings (SSSR count). The molecule has 1 aromatic carbocycles. The second kappa shape index (κ2) is 8.77. The molecule has 27 heavy (non-hydrogen) atoms. The van der Waals surface area contributed by atoms with Crippen molar-refractivity contribution in [2.75, 3.05) is 12.4 Å². The first-order valence-corrected chi connectivity index (χ1v) is 10.8. The number of hydrogen-bond acceptors (Lipinski definition) is 7. The molecule has 2 aromatic rings. The van der Waals surface area contributed by atoms with E-state index in [0.717, 1.165) is 28.2 Å². The van der Waals surface area contributed by atoms with Crippen LogP contribution in [0, 0.1) is 12.8 Å². The summed E-state index contributed by atoms with van der Waals surface area (Å²) in [5.41, 5.74) is 1.75. The quantitative estimate of drug-likeness (QED) is 0.645. The summed E-state index contributed by atoms with van der Waals surface area (Å²) in [6.45, 7) is 7.26. The van der Waals surface area contributed by atoms with Crippen molar-refractivity contribution >= 4 is 32.4 Å². The number of carbonyl (C=O) groups is 1. The van der Waals surface area contributed by atoms with Gasteiger partial charge in [0, 0.05) is 12.0 Å². The average Bonchev–Trinajstić information content (AvgIpc) is 3.09. The minimum Gasteiger partial charge on any atom is -0.496 e. The number of sulfonamides is 1. The lowest BCUT2D eigenvalue weighted by atomic mass is 10.0. The third-order valence-corrected chi connectivity index (χ3v) is 6.60. The molecule has 1 heterocycles. The van der Waals surface area contributed by atoms with Gasteiger partial charge in [-0.05, 0) is 30.5 Å². The summed E-state index contributed by atoms with van der Waals surface area (Å²) in [6.07, 6.45) is 0.556. The number of carbonyl (C=O) groups excluding carboxylic acids is 1. The number of ether oxygens (including phenoxy) is 1. The summed E-state index contributed by atoms with van der Waals surface area (Å²) < 4.78 is 33.1. The Morgan fingerprint density at radius 3 is 2.56 bits per heavy atom. The van der Waals surface area contributed by atoms with E-state index in [-0.39, 0.29) is 21.3 Å². The van der Waals surface area contributed by atoms with Crippen molar-refractivity contribution < 1.29 is 17.9 Å². The van der Waals surface area contributed by atoms with Crippen LogP contribution in [0.1, 0.15) is 44.4 Å². The van der Waals surface area contributed by atoms with Crippen LogP contribution in [0.3, 0.4) is 0 Å². The Morgan fingerprint density at radius 2 is 2.00 bits per heavy atom. The van der Waals surface area contributed by atoms with Gasteiger partial charge in [0.25, 0.3) is 10.0 Å². The topological polar surface area (TPSA) is 110 Å². The molecular weight excluding hydrogens is 388 g/mol. The Balaban J connectivity index is 2.20. The SMILES string of the molecule is CC[C@@H](NS(=O)(=O)c1nnc(NC(=O)C(C)C)s1)c1ccc(OC)c(C)c1. The van der Waals surface area contributed by atoms with Crippen LogP contribution in [0.2, 0.25) is 0 Å². The molecule has 148 valence electrons. The Hall–Kier alpha value is -2.04. The molecule has 0 aliphatic rings. The first-order chi connectivity index (χ1) is 12.7. The van der Waals surface area contributed by atoms with E-state index in [1.165, 1.54) is 0 Å². The second-order valence-corrected chi connectivity index (χ2v) is 9.19. The Bertz CT molecular complexity index is 909. The van der Waals surface area contributed by atoms with E-state index in [9.17, 15) is 13.2 Å². The maximum Gasteiger partial charge on any atom is 0.270 e. The third-order valence-electron chi connectivity index (χ3n) is 3.92. The molecule has 2 N–H and O–H groups in total. The molecule has 10 heteroatoms. The summed E-state index contributed by atoms with van der Waals surface area (Å²) in [6, 6.07) is 5.12. The minimum atomic E-state index is -3.87. The van der Waals surface area contributed by atoms with E-state index in [1.807, 2.05) is 32.0 Å². The lowest BCUT2D eigenvalue weighted by Crippen LogP contribution is -2.28. The standard InChI is InChI=1S/C17H24N4O4S2/c1-6-13(12-7-8-14(25-5)11(4)9-12)21-27(23,24)17-20-19-16(26-17)18-15(22)10(2)3/h7-10,13,21H,6H2,1-5H3,(H,18,19,22)/t13-/m1/s1. The Kier molecular flexibility index (Phi) is 6.90. The highest BCUT2D eigenvalue weighted by atomic mass is 32.2. The molecule has 0 saturated heterocycles. The van der Waals surface area contributed by atoms with Gasteiger partial charge in [-0.25, -0.2) is 13.1 Å². The maximum atomic E-state index is 12.7. The number of nitrogens with one attached hydrogen (secondary N) is 2. The average molecular weight is 413 g/mol. The lowest BCUT2D eigenvalue weighted by Gasteiger charge is -2.17.